The minimum absolute atomic E-state index is 0.0719. The lowest BCUT2D eigenvalue weighted by Crippen LogP contribution is -2.45. The standard InChI is InChI=1S/C27H27F2N5O2/c1-16-6-23(34-5-4-27(15-30,26(34)36)20-2-3-20)11-24(33-16)25(35)32-12-17-7-18(9-21(28)8-17)19-10-22(29)14-31-13-19/h6-11,13,20,24,31,33H,2-5,12,14H2,1H3,(H,32,35). The molecule has 0 radical (unpaired) electrons. The molecule has 1 saturated carbocycles. The fourth-order valence-electron chi connectivity index (χ4n) is 5.12. The van der Waals surface area contributed by atoms with Crippen LogP contribution in [0.15, 0.2) is 59.8 Å². The van der Waals surface area contributed by atoms with Gasteiger partial charge in [-0.2, -0.15) is 5.26 Å². The van der Waals surface area contributed by atoms with Gasteiger partial charge in [-0.15, -0.1) is 0 Å². The lowest BCUT2D eigenvalue weighted by atomic mass is 9.82. The van der Waals surface area contributed by atoms with Gasteiger partial charge in [0.1, 0.15) is 23.1 Å². The zero-order valence-electron chi connectivity index (χ0n) is 19.9. The van der Waals surface area contributed by atoms with Gasteiger partial charge in [0.05, 0.1) is 12.6 Å². The predicted molar refractivity (Wildman–Crippen MR) is 129 cm³/mol. The van der Waals surface area contributed by atoms with Crippen molar-refractivity contribution < 1.29 is 18.4 Å². The summed E-state index contributed by atoms with van der Waals surface area (Å²) in [7, 11) is 0. The van der Waals surface area contributed by atoms with Gasteiger partial charge in [-0.05, 0) is 79.7 Å². The maximum Gasteiger partial charge on any atom is 0.247 e. The summed E-state index contributed by atoms with van der Waals surface area (Å²) in [5, 5.41) is 18.5. The Morgan fingerprint density at radius 2 is 2.08 bits per heavy atom. The number of likely N-dealkylation sites (tertiary alicyclic amines) is 1. The van der Waals surface area contributed by atoms with Crippen LogP contribution in [0.5, 0.6) is 0 Å². The molecule has 186 valence electrons. The maximum atomic E-state index is 14.3. The number of nitrogens with zero attached hydrogens (tertiary/aromatic N) is 2. The van der Waals surface area contributed by atoms with E-state index in [2.05, 4.69) is 22.0 Å². The Hall–Kier alpha value is -3.93. The number of nitrogens with one attached hydrogen (secondary N) is 3. The topological polar surface area (TPSA) is 97.3 Å². The molecule has 0 aromatic heterocycles. The maximum absolute atomic E-state index is 14.3. The van der Waals surface area contributed by atoms with Crippen LogP contribution in [0.3, 0.4) is 0 Å². The Morgan fingerprint density at radius 3 is 2.81 bits per heavy atom. The van der Waals surface area contributed by atoms with Crippen LogP contribution in [-0.4, -0.2) is 35.8 Å². The number of hydrogen-bond acceptors (Lipinski definition) is 5. The summed E-state index contributed by atoms with van der Waals surface area (Å²) in [4.78, 5) is 27.8. The van der Waals surface area contributed by atoms with E-state index in [1.165, 1.54) is 18.2 Å². The van der Waals surface area contributed by atoms with Crippen molar-refractivity contribution in [3.63, 3.8) is 0 Å². The van der Waals surface area contributed by atoms with E-state index in [1.54, 1.807) is 29.3 Å². The van der Waals surface area contributed by atoms with E-state index < -0.39 is 17.3 Å². The Kier molecular flexibility index (Phi) is 6.12. The Balaban J connectivity index is 1.28. The molecule has 1 saturated heterocycles. The molecular weight excluding hydrogens is 464 g/mol. The van der Waals surface area contributed by atoms with Crippen LogP contribution in [0.4, 0.5) is 8.78 Å². The first-order valence-electron chi connectivity index (χ1n) is 12.1. The third-order valence-corrected chi connectivity index (χ3v) is 7.11. The smallest absolute Gasteiger partial charge is 0.247 e. The number of nitriles is 1. The van der Waals surface area contributed by atoms with Gasteiger partial charge in [0.25, 0.3) is 0 Å². The Bertz CT molecular complexity index is 1290. The normalized spacial score (nSPS) is 25.6. The number of hydrogen-bond donors (Lipinski definition) is 3. The molecule has 3 aliphatic heterocycles. The number of rotatable bonds is 6. The number of allylic oxidation sites excluding steroid dienone is 4. The molecule has 3 heterocycles. The van der Waals surface area contributed by atoms with Crippen LogP contribution < -0.4 is 16.0 Å². The molecule has 0 bridgehead atoms. The van der Waals surface area contributed by atoms with Crippen LogP contribution >= 0.6 is 0 Å². The van der Waals surface area contributed by atoms with Crippen molar-refractivity contribution in [1.82, 2.24) is 20.9 Å². The number of amides is 2. The zero-order valence-corrected chi connectivity index (χ0v) is 19.9. The molecule has 1 aliphatic carbocycles. The van der Waals surface area contributed by atoms with E-state index >= 15 is 0 Å². The molecule has 4 aliphatic rings. The molecule has 1 aromatic rings. The summed E-state index contributed by atoms with van der Waals surface area (Å²) in [5.41, 5.74) is 1.92. The number of dihydropyridines is 2. The summed E-state index contributed by atoms with van der Waals surface area (Å²) >= 11 is 0. The lowest BCUT2D eigenvalue weighted by molar-refractivity contribution is -0.132. The molecule has 3 N–H and O–H groups in total. The highest BCUT2D eigenvalue weighted by Gasteiger charge is 2.57. The zero-order chi connectivity index (χ0) is 25.4. The van der Waals surface area contributed by atoms with E-state index in [4.69, 9.17) is 0 Å². The second kappa shape index (κ2) is 9.26. The first-order chi connectivity index (χ1) is 17.3. The van der Waals surface area contributed by atoms with E-state index in [-0.39, 0.29) is 36.6 Å². The summed E-state index contributed by atoms with van der Waals surface area (Å²) in [6.45, 7) is 2.42. The molecule has 36 heavy (non-hydrogen) atoms. The summed E-state index contributed by atoms with van der Waals surface area (Å²) in [6.07, 6.45) is 8.75. The van der Waals surface area contributed by atoms with Gasteiger partial charge in [-0.3, -0.25) is 9.59 Å². The third kappa shape index (κ3) is 4.51. The number of carbonyl (C=O) groups is 2. The van der Waals surface area contributed by atoms with Gasteiger partial charge in [-0.25, -0.2) is 8.78 Å². The molecule has 2 atom stereocenters. The van der Waals surface area contributed by atoms with Crippen LogP contribution in [0.25, 0.3) is 5.57 Å². The third-order valence-electron chi connectivity index (χ3n) is 7.11. The van der Waals surface area contributed by atoms with Crippen LogP contribution in [0, 0.1) is 28.5 Å². The van der Waals surface area contributed by atoms with Gasteiger partial charge in [0.2, 0.25) is 11.8 Å². The first kappa shape index (κ1) is 23.8. The lowest BCUT2D eigenvalue weighted by Gasteiger charge is -2.27. The van der Waals surface area contributed by atoms with Crippen molar-refractivity contribution in [3.8, 4) is 6.07 Å². The SMILES string of the molecule is CC1=CC(N2CCC(C#N)(C3CC3)C2=O)=CC(C(=O)NCc2cc(F)cc(C3=CNCC(F)=C3)c2)N1. The minimum atomic E-state index is -0.957. The van der Waals surface area contributed by atoms with Crippen LogP contribution in [0.1, 0.15) is 37.3 Å². The highest BCUT2D eigenvalue weighted by atomic mass is 19.1. The van der Waals surface area contributed by atoms with Gasteiger partial charge >= 0.3 is 0 Å². The van der Waals surface area contributed by atoms with Crippen molar-refractivity contribution in [2.75, 3.05) is 13.1 Å². The van der Waals surface area contributed by atoms with E-state index in [0.717, 1.165) is 18.5 Å². The first-order valence-corrected chi connectivity index (χ1v) is 12.1. The molecule has 0 spiro atoms. The summed E-state index contributed by atoms with van der Waals surface area (Å²) < 4.78 is 27.9. The molecular formula is C27H27F2N5O2. The van der Waals surface area contributed by atoms with Crippen molar-refractivity contribution >= 4 is 17.4 Å². The average Bonchev–Trinajstić information content (AvgIpc) is 3.65. The Labute approximate surface area is 208 Å². The fourth-order valence-corrected chi connectivity index (χ4v) is 5.12. The molecule has 5 rings (SSSR count). The minimum Gasteiger partial charge on any atom is -0.384 e. The van der Waals surface area contributed by atoms with Crippen molar-refractivity contribution in [2.24, 2.45) is 11.3 Å². The summed E-state index contributed by atoms with van der Waals surface area (Å²) in [5.74, 6) is -1.24. The predicted octanol–water partition coefficient (Wildman–Crippen LogP) is 3.15. The van der Waals surface area contributed by atoms with E-state index in [0.29, 0.717) is 35.4 Å². The van der Waals surface area contributed by atoms with Crippen molar-refractivity contribution in [2.45, 2.75) is 38.8 Å². The van der Waals surface area contributed by atoms with Crippen LogP contribution in [0.2, 0.25) is 0 Å². The van der Waals surface area contributed by atoms with Crippen LogP contribution in [-0.2, 0) is 16.1 Å². The van der Waals surface area contributed by atoms with Crippen molar-refractivity contribution in [1.29, 1.82) is 5.26 Å². The number of halogens is 2. The molecule has 2 unspecified atom stereocenters. The molecule has 2 amide bonds. The largest absolute Gasteiger partial charge is 0.384 e. The van der Waals surface area contributed by atoms with Gasteiger partial charge in [0.15, 0.2) is 0 Å². The highest BCUT2D eigenvalue weighted by molar-refractivity contribution is 5.91. The Morgan fingerprint density at radius 1 is 1.28 bits per heavy atom. The molecule has 9 heteroatoms. The van der Waals surface area contributed by atoms with Gasteiger partial charge in [0, 0.05) is 36.3 Å². The number of carbonyl (C=O) groups excluding carboxylic acids is 2. The molecule has 7 nitrogen and oxygen atoms in total. The van der Waals surface area contributed by atoms with Crippen molar-refractivity contribution in [3.05, 3.63) is 76.8 Å². The number of benzene rings is 1. The average molecular weight is 492 g/mol. The molecule has 2 fully saturated rings. The molecule has 1 aromatic carbocycles. The van der Waals surface area contributed by atoms with E-state index in [9.17, 15) is 23.6 Å². The van der Waals surface area contributed by atoms with Gasteiger partial charge < -0.3 is 20.9 Å². The summed E-state index contributed by atoms with van der Waals surface area (Å²) in [6, 6.07) is 5.89. The van der Waals surface area contributed by atoms with E-state index in [1.807, 2.05) is 6.92 Å². The van der Waals surface area contributed by atoms with Gasteiger partial charge in [-0.1, -0.05) is 0 Å². The second-order valence-corrected chi connectivity index (χ2v) is 9.74. The quantitative estimate of drug-likeness (QED) is 0.568. The second-order valence-electron chi connectivity index (χ2n) is 9.74. The monoisotopic (exact) mass is 491 g/mol. The highest BCUT2D eigenvalue weighted by Crippen LogP contribution is 2.52. The fraction of sp³-hybridized carbons (Fsp3) is 0.370.